The molecule has 0 aromatic carbocycles. The average Bonchev–Trinajstić information content (AvgIpc) is 3.19. The summed E-state index contributed by atoms with van der Waals surface area (Å²) in [6, 6.07) is 4.15. The predicted molar refractivity (Wildman–Crippen MR) is 89.9 cm³/mol. The lowest BCUT2D eigenvalue weighted by molar-refractivity contribution is 0.219. The molecule has 0 unspecified atom stereocenters. The molecule has 23 heavy (non-hydrogen) atoms. The third-order valence-corrected chi connectivity index (χ3v) is 4.59. The third kappa shape index (κ3) is 4.18. The Morgan fingerprint density at radius 2 is 2.30 bits per heavy atom. The van der Waals surface area contributed by atoms with E-state index in [1.165, 1.54) is 17.5 Å². The van der Waals surface area contributed by atoms with Crippen LogP contribution in [-0.2, 0) is 19.5 Å². The van der Waals surface area contributed by atoms with Gasteiger partial charge < -0.3 is 9.84 Å². The van der Waals surface area contributed by atoms with Gasteiger partial charge in [0, 0.05) is 37.6 Å². The Hall–Kier alpha value is -1.72. The Morgan fingerprint density at radius 1 is 1.39 bits per heavy atom. The molecule has 1 N–H and O–H groups in total. The van der Waals surface area contributed by atoms with Crippen molar-refractivity contribution in [2.75, 3.05) is 19.6 Å². The molecule has 0 radical (unpaired) electrons. The number of hydrogen-bond acceptors (Lipinski definition) is 5. The van der Waals surface area contributed by atoms with Crippen LogP contribution in [0.3, 0.4) is 0 Å². The molecule has 2 aromatic rings. The van der Waals surface area contributed by atoms with Gasteiger partial charge in [-0.1, -0.05) is 18.1 Å². The highest BCUT2D eigenvalue weighted by Gasteiger charge is 2.21. The summed E-state index contributed by atoms with van der Waals surface area (Å²) in [6.07, 6.45) is 5.96. The molecule has 1 aliphatic heterocycles. The zero-order valence-electron chi connectivity index (χ0n) is 14.1. The van der Waals surface area contributed by atoms with E-state index in [4.69, 9.17) is 4.52 Å². The van der Waals surface area contributed by atoms with Gasteiger partial charge in [-0.15, -0.1) is 0 Å². The summed E-state index contributed by atoms with van der Waals surface area (Å²) < 4.78 is 5.41. The van der Waals surface area contributed by atoms with E-state index < -0.39 is 0 Å². The molecule has 5 nitrogen and oxygen atoms in total. The van der Waals surface area contributed by atoms with Crippen molar-refractivity contribution < 1.29 is 4.52 Å². The van der Waals surface area contributed by atoms with Crippen LogP contribution in [-0.4, -0.2) is 34.7 Å². The lowest BCUT2D eigenvalue weighted by Gasteiger charge is -2.25. The van der Waals surface area contributed by atoms with Gasteiger partial charge in [0.05, 0.1) is 5.69 Å². The summed E-state index contributed by atoms with van der Waals surface area (Å²) in [7, 11) is 0. The van der Waals surface area contributed by atoms with Crippen LogP contribution in [0.25, 0.3) is 0 Å². The molecule has 3 heterocycles. The lowest BCUT2D eigenvalue weighted by Crippen LogP contribution is -2.30. The number of pyridine rings is 1. The molecule has 3 rings (SSSR count). The van der Waals surface area contributed by atoms with Crippen molar-refractivity contribution in [2.24, 2.45) is 5.92 Å². The molecule has 2 aromatic heterocycles. The smallest absolute Gasteiger partial charge is 0.138 e. The second kappa shape index (κ2) is 7.70. The zero-order valence-corrected chi connectivity index (χ0v) is 14.1. The monoisotopic (exact) mass is 314 g/mol. The highest BCUT2D eigenvalue weighted by molar-refractivity contribution is 5.22. The first kappa shape index (κ1) is 16.1. The maximum atomic E-state index is 5.41. The Bertz CT molecular complexity index is 605. The van der Waals surface area contributed by atoms with Gasteiger partial charge >= 0.3 is 0 Å². The van der Waals surface area contributed by atoms with E-state index in [2.05, 4.69) is 33.3 Å². The van der Waals surface area contributed by atoms with Crippen molar-refractivity contribution in [3.8, 4) is 0 Å². The van der Waals surface area contributed by atoms with E-state index in [-0.39, 0.29) is 0 Å². The van der Waals surface area contributed by atoms with Gasteiger partial charge in [-0.3, -0.25) is 9.88 Å². The second-order valence-corrected chi connectivity index (χ2v) is 6.41. The van der Waals surface area contributed by atoms with Crippen molar-refractivity contribution in [2.45, 2.75) is 39.8 Å². The molecule has 1 atom stereocenters. The standard InChI is InChI=1S/C18H26N4O/c1-3-18-17(14(2)23-21-18)13-22(12-16-6-8-20-10-16)11-15-5-4-7-19-9-15/h4-5,7,9,16,20H,3,6,8,10-13H2,1-2H3/t16-/m1/s1. The average molecular weight is 314 g/mol. The van der Waals surface area contributed by atoms with Crippen LogP contribution in [0.2, 0.25) is 0 Å². The molecule has 5 heteroatoms. The number of rotatable bonds is 7. The number of nitrogens with zero attached hydrogens (tertiary/aromatic N) is 3. The first-order chi connectivity index (χ1) is 11.3. The summed E-state index contributed by atoms with van der Waals surface area (Å²) in [5, 5.41) is 7.66. The molecule has 0 aliphatic carbocycles. The normalized spacial score (nSPS) is 18.0. The fraction of sp³-hybridized carbons (Fsp3) is 0.556. The Labute approximate surface area is 138 Å². The Balaban J connectivity index is 1.74. The summed E-state index contributed by atoms with van der Waals surface area (Å²) in [5.41, 5.74) is 3.59. The Morgan fingerprint density at radius 3 is 3.00 bits per heavy atom. The van der Waals surface area contributed by atoms with E-state index in [1.54, 1.807) is 0 Å². The van der Waals surface area contributed by atoms with Crippen molar-refractivity contribution in [3.63, 3.8) is 0 Å². The molecule has 0 amide bonds. The molecule has 0 spiro atoms. The van der Waals surface area contributed by atoms with Crippen molar-refractivity contribution >= 4 is 0 Å². The van der Waals surface area contributed by atoms with E-state index in [1.807, 2.05) is 25.4 Å². The maximum Gasteiger partial charge on any atom is 0.138 e. The highest BCUT2D eigenvalue weighted by Crippen LogP contribution is 2.20. The minimum absolute atomic E-state index is 0.719. The van der Waals surface area contributed by atoms with Crippen molar-refractivity contribution in [1.82, 2.24) is 20.4 Å². The van der Waals surface area contributed by atoms with Crippen LogP contribution in [0.5, 0.6) is 0 Å². The topological polar surface area (TPSA) is 54.2 Å². The van der Waals surface area contributed by atoms with Crippen LogP contribution in [0, 0.1) is 12.8 Å². The van der Waals surface area contributed by atoms with Crippen LogP contribution < -0.4 is 5.32 Å². The predicted octanol–water partition coefficient (Wildman–Crippen LogP) is 2.55. The first-order valence-electron chi connectivity index (χ1n) is 8.52. The molecule has 1 saturated heterocycles. The molecule has 1 aliphatic rings. The molecular formula is C18H26N4O. The summed E-state index contributed by atoms with van der Waals surface area (Å²) in [5.74, 6) is 1.67. The third-order valence-electron chi connectivity index (χ3n) is 4.59. The Kier molecular flexibility index (Phi) is 5.41. The van der Waals surface area contributed by atoms with Crippen LogP contribution >= 0.6 is 0 Å². The van der Waals surface area contributed by atoms with E-state index >= 15 is 0 Å². The minimum atomic E-state index is 0.719. The molecule has 0 bridgehead atoms. The zero-order chi connectivity index (χ0) is 16.1. The maximum absolute atomic E-state index is 5.41. The van der Waals surface area contributed by atoms with Crippen LogP contribution in [0.15, 0.2) is 29.0 Å². The summed E-state index contributed by atoms with van der Waals surface area (Å²) in [4.78, 5) is 6.76. The van der Waals surface area contributed by atoms with Gasteiger partial charge in [0.15, 0.2) is 0 Å². The molecular weight excluding hydrogens is 288 g/mol. The number of aryl methyl sites for hydroxylation is 2. The van der Waals surface area contributed by atoms with Gasteiger partial charge in [-0.05, 0) is 50.4 Å². The summed E-state index contributed by atoms with van der Waals surface area (Å²) >= 11 is 0. The van der Waals surface area contributed by atoms with Crippen molar-refractivity contribution in [3.05, 3.63) is 47.1 Å². The van der Waals surface area contributed by atoms with E-state index in [9.17, 15) is 0 Å². The second-order valence-electron chi connectivity index (χ2n) is 6.41. The van der Waals surface area contributed by atoms with Gasteiger partial charge in [0.2, 0.25) is 0 Å². The summed E-state index contributed by atoms with van der Waals surface area (Å²) in [6.45, 7) is 9.30. The number of hydrogen-bond donors (Lipinski definition) is 1. The van der Waals surface area contributed by atoms with Gasteiger partial charge in [0.25, 0.3) is 0 Å². The first-order valence-corrected chi connectivity index (χ1v) is 8.52. The fourth-order valence-electron chi connectivity index (χ4n) is 3.31. The molecule has 1 fully saturated rings. The van der Waals surface area contributed by atoms with Gasteiger partial charge in [0.1, 0.15) is 5.76 Å². The number of nitrogens with one attached hydrogen (secondary N) is 1. The highest BCUT2D eigenvalue weighted by atomic mass is 16.5. The number of aromatic nitrogens is 2. The molecule has 0 saturated carbocycles. The lowest BCUT2D eigenvalue weighted by atomic mass is 10.1. The van der Waals surface area contributed by atoms with Crippen LogP contribution in [0.1, 0.15) is 35.9 Å². The largest absolute Gasteiger partial charge is 0.361 e. The van der Waals surface area contributed by atoms with Crippen molar-refractivity contribution in [1.29, 1.82) is 0 Å². The molecule has 124 valence electrons. The van der Waals surface area contributed by atoms with Gasteiger partial charge in [-0.2, -0.15) is 0 Å². The minimum Gasteiger partial charge on any atom is -0.361 e. The fourth-order valence-corrected chi connectivity index (χ4v) is 3.31. The van der Waals surface area contributed by atoms with Gasteiger partial charge in [-0.25, -0.2) is 0 Å². The SMILES string of the molecule is CCc1noc(C)c1CN(Cc1cccnc1)C[C@@H]1CCNC1. The quantitative estimate of drug-likeness (QED) is 0.851. The van der Waals surface area contributed by atoms with E-state index in [0.717, 1.165) is 56.5 Å². The van der Waals surface area contributed by atoms with Crippen LogP contribution in [0.4, 0.5) is 0 Å². The van der Waals surface area contributed by atoms with E-state index in [0.29, 0.717) is 0 Å².